The van der Waals surface area contributed by atoms with Crippen LogP contribution in [-0.4, -0.2) is 37.4 Å². The molecule has 0 fully saturated rings. The Morgan fingerprint density at radius 2 is 2.33 bits per heavy atom. The first-order valence-corrected chi connectivity index (χ1v) is 3.30. The molecule has 0 aliphatic heterocycles. The molecular weight excluding hydrogens is 135 g/mol. The molecule has 0 heterocycles. The van der Waals surface area contributed by atoms with Crippen LogP contribution in [0.2, 0.25) is 0 Å². The molecule has 0 radical (unpaired) electrons. The maximum Gasteiger partial charge on any atom is 0.235 e. The highest BCUT2D eigenvalue weighted by Gasteiger charge is 1.98. The smallest absolute Gasteiger partial charge is 0.235 e. The lowest BCUT2D eigenvalue weighted by Gasteiger charge is -2.10. The lowest BCUT2D eigenvalue weighted by Crippen LogP contribution is -2.19. The van der Waals surface area contributed by atoms with Crippen molar-refractivity contribution in [3.8, 4) is 0 Å². The van der Waals surface area contributed by atoms with Crippen molar-refractivity contribution in [1.82, 2.24) is 4.90 Å². The molecule has 52 valence electrons. The first-order valence-electron chi connectivity index (χ1n) is 2.64. The third-order valence-corrected chi connectivity index (χ3v) is 1.13. The summed E-state index contributed by atoms with van der Waals surface area (Å²) in [6.45, 7) is 0.764. The molecule has 4 heteroatoms. The number of rotatable bonds is 3. The van der Waals surface area contributed by atoms with Gasteiger partial charge in [0.25, 0.3) is 0 Å². The van der Waals surface area contributed by atoms with Crippen LogP contribution < -0.4 is 0 Å². The minimum absolute atomic E-state index is 0.0162. The highest BCUT2D eigenvalue weighted by molar-refractivity contribution is 7.17. The lowest BCUT2D eigenvalue weighted by molar-refractivity contribution is 0.409. The average molecular weight is 146 g/mol. The summed E-state index contributed by atoms with van der Waals surface area (Å²) < 4.78 is 0. The summed E-state index contributed by atoms with van der Waals surface area (Å²) in [6.07, 6.45) is 1.50. The van der Waals surface area contributed by atoms with E-state index in [0.29, 0.717) is 0 Å². The Hall–Kier alpha value is -0.230. The number of aliphatic imine (C=N–C) groups is 1. The summed E-state index contributed by atoms with van der Waals surface area (Å²) in [5.74, 6) is -0.0162. The maximum absolute atomic E-state index is 9.67. The number of carbonyl (C=O) groups excluding carboxylic acids is 1. The molecule has 0 saturated carbocycles. The number of hydrogen-bond acceptors (Lipinski definition) is 3. The summed E-state index contributed by atoms with van der Waals surface area (Å²) in [5.41, 5.74) is 0. The van der Waals surface area contributed by atoms with Crippen LogP contribution >= 0.6 is 9.24 Å². The predicted molar refractivity (Wildman–Crippen MR) is 40.2 cm³/mol. The third-order valence-electron chi connectivity index (χ3n) is 0.771. The molecule has 0 rings (SSSR count). The van der Waals surface area contributed by atoms with Gasteiger partial charge < -0.3 is 4.90 Å². The van der Waals surface area contributed by atoms with Crippen LogP contribution in [0.4, 0.5) is 0 Å². The van der Waals surface area contributed by atoms with E-state index in [-0.39, 0.29) is 5.78 Å². The van der Waals surface area contributed by atoms with Crippen LogP contribution in [-0.2, 0) is 4.79 Å². The zero-order valence-corrected chi connectivity index (χ0v) is 6.82. The summed E-state index contributed by atoms with van der Waals surface area (Å²) in [7, 11) is 6.31. The van der Waals surface area contributed by atoms with E-state index in [1.54, 1.807) is 0 Å². The van der Waals surface area contributed by atoms with Crippen LogP contribution in [0.15, 0.2) is 4.99 Å². The zero-order chi connectivity index (χ0) is 7.28. The van der Waals surface area contributed by atoms with Crippen molar-refractivity contribution in [2.45, 2.75) is 5.78 Å². The van der Waals surface area contributed by atoms with Crippen LogP contribution in [0.25, 0.3) is 0 Å². The Bertz CT molecular complexity index is 120. The lowest BCUT2D eigenvalue weighted by atomic mass is 10.6. The van der Waals surface area contributed by atoms with Crippen molar-refractivity contribution < 1.29 is 4.79 Å². The van der Waals surface area contributed by atoms with E-state index < -0.39 is 0 Å². The highest BCUT2D eigenvalue weighted by atomic mass is 31.0. The van der Waals surface area contributed by atoms with Crippen LogP contribution in [0, 0.1) is 0 Å². The summed E-state index contributed by atoms with van der Waals surface area (Å²) in [5, 5.41) is 0. The fourth-order valence-electron chi connectivity index (χ4n) is 0.483. The molecule has 0 aromatic carbocycles. The van der Waals surface area contributed by atoms with Gasteiger partial charge in [0.15, 0.2) is 0 Å². The van der Waals surface area contributed by atoms with Gasteiger partial charge in [-0.05, 0) is 14.1 Å². The van der Waals surface area contributed by atoms with Gasteiger partial charge >= 0.3 is 0 Å². The molecule has 0 aromatic rings. The number of nitrogens with zero attached hydrogens (tertiary/aromatic N) is 2. The first-order chi connectivity index (χ1) is 4.16. The minimum atomic E-state index is -0.0162. The normalized spacial score (nSPS) is 12.9. The van der Waals surface area contributed by atoms with Crippen molar-refractivity contribution in [2.24, 2.45) is 4.99 Å². The number of hydrogen-bond donors (Lipinski definition) is 0. The molecule has 0 bridgehead atoms. The van der Waals surface area contributed by atoms with Gasteiger partial charge in [-0.3, -0.25) is 0 Å². The number of likely N-dealkylation sites (N-methyl/N-ethyl adjacent to an activating group) is 1. The van der Waals surface area contributed by atoms with Gasteiger partial charge in [-0.1, -0.05) is 0 Å². The summed E-state index contributed by atoms with van der Waals surface area (Å²) in [6, 6.07) is 0. The van der Waals surface area contributed by atoms with E-state index in [2.05, 4.69) is 14.2 Å². The van der Waals surface area contributed by atoms with Gasteiger partial charge in [0.1, 0.15) is 0 Å². The molecule has 0 N–H and O–H groups in total. The second-order valence-corrected chi connectivity index (χ2v) is 2.82. The average Bonchev–Trinajstić information content (AvgIpc) is 1.63. The van der Waals surface area contributed by atoms with E-state index in [4.69, 9.17) is 0 Å². The fraction of sp³-hybridized carbons (Fsp3) is 0.800. The summed E-state index contributed by atoms with van der Waals surface area (Å²) >= 11 is 0. The Labute approximate surface area is 57.3 Å². The van der Waals surface area contributed by atoms with E-state index >= 15 is 0 Å². The van der Waals surface area contributed by atoms with Crippen molar-refractivity contribution in [3.63, 3.8) is 0 Å². The van der Waals surface area contributed by atoms with E-state index in [1.165, 1.54) is 6.08 Å². The minimum Gasteiger partial charge on any atom is -0.307 e. The number of isocyanates is 1. The van der Waals surface area contributed by atoms with E-state index in [0.717, 1.165) is 6.54 Å². The Balaban J connectivity index is 3.49. The van der Waals surface area contributed by atoms with Gasteiger partial charge in [0.05, 0.1) is 5.78 Å². The van der Waals surface area contributed by atoms with E-state index in [9.17, 15) is 4.79 Å². The Morgan fingerprint density at radius 1 is 1.78 bits per heavy atom. The molecule has 0 aromatic heterocycles. The molecular formula is C5H11N2OP. The molecule has 1 unspecified atom stereocenters. The van der Waals surface area contributed by atoms with Gasteiger partial charge in [-0.15, -0.1) is 9.24 Å². The SMILES string of the molecule is CN(C)C[C@H](P)N=C=O. The predicted octanol–water partition coefficient (Wildman–Crippen LogP) is 0.0850. The largest absolute Gasteiger partial charge is 0.307 e. The quantitative estimate of drug-likeness (QED) is 0.321. The molecule has 9 heavy (non-hydrogen) atoms. The topological polar surface area (TPSA) is 32.7 Å². The molecule has 0 spiro atoms. The highest BCUT2D eigenvalue weighted by Crippen LogP contribution is 2.00. The standard InChI is InChI=1S/C5H11N2OP/c1-7(2)3-5(9)6-4-8/h5H,3,9H2,1-2H3/t5-/m0/s1. The first kappa shape index (κ1) is 8.77. The van der Waals surface area contributed by atoms with Gasteiger partial charge in [-0.2, -0.15) is 4.99 Å². The molecule has 2 atom stereocenters. The van der Waals surface area contributed by atoms with Crippen LogP contribution in [0.3, 0.4) is 0 Å². The van der Waals surface area contributed by atoms with Crippen molar-refractivity contribution in [2.75, 3.05) is 20.6 Å². The maximum atomic E-state index is 9.67. The Morgan fingerprint density at radius 3 is 2.67 bits per heavy atom. The molecule has 0 saturated heterocycles. The van der Waals surface area contributed by atoms with Gasteiger partial charge in [0, 0.05) is 6.54 Å². The second kappa shape index (κ2) is 4.63. The van der Waals surface area contributed by atoms with Crippen LogP contribution in [0.5, 0.6) is 0 Å². The van der Waals surface area contributed by atoms with Crippen LogP contribution in [0.1, 0.15) is 0 Å². The van der Waals surface area contributed by atoms with Crippen molar-refractivity contribution in [3.05, 3.63) is 0 Å². The third kappa shape index (κ3) is 5.64. The molecule has 0 aliphatic carbocycles. The molecule has 3 nitrogen and oxygen atoms in total. The van der Waals surface area contributed by atoms with Crippen molar-refractivity contribution in [1.29, 1.82) is 0 Å². The zero-order valence-electron chi connectivity index (χ0n) is 5.66. The monoisotopic (exact) mass is 146 g/mol. The summed E-state index contributed by atoms with van der Waals surface area (Å²) in [4.78, 5) is 15.1. The van der Waals surface area contributed by atoms with Gasteiger partial charge in [0.2, 0.25) is 6.08 Å². The molecule has 0 aliphatic rings. The van der Waals surface area contributed by atoms with E-state index in [1.807, 2.05) is 19.0 Å². The van der Waals surface area contributed by atoms with Crippen molar-refractivity contribution >= 4 is 15.3 Å². The van der Waals surface area contributed by atoms with Gasteiger partial charge in [-0.25, -0.2) is 4.79 Å². The second-order valence-electron chi connectivity index (χ2n) is 2.05. The fourth-order valence-corrected chi connectivity index (χ4v) is 0.965. The molecule has 0 amide bonds. The Kier molecular flexibility index (Phi) is 4.51.